The molecule has 0 saturated heterocycles. The van der Waals surface area contributed by atoms with Crippen LogP contribution < -0.4 is 5.43 Å². The number of allylic oxidation sites excluding steroid dienone is 1. The lowest BCUT2D eigenvalue weighted by atomic mass is 9.85. The summed E-state index contributed by atoms with van der Waals surface area (Å²) in [5, 5.41) is 10.3. The van der Waals surface area contributed by atoms with Crippen molar-refractivity contribution < 1.29 is 4.42 Å². The Balaban J connectivity index is 1.96. The second-order valence-corrected chi connectivity index (χ2v) is 6.81. The molecule has 0 saturated carbocycles. The molecule has 3 nitrogen and oxygen atoms in total. The molecule has 1 heterocycles. The highest BCUT2D eigenvalue weighted by Gasteiger charge is 2.30. The SMILES string of the molecule is N#CC1=Cc2c(oc3ccccc3c2=O)[C@H](c2ccccc2)c2ccccc21. The van der Waals surface area contributed by atoms with Crippen molar-refractivity contribution in [3.8, 4) is 6.07 Å². The van der Waals surface area contributed by atoms with E-state index in [0.29, 0.717) is 27.9 Å². The van der Waals surface area contributed by atoms with Crippen LogP contribution in [0.1, 0.15) is 33.9 Å². The average molecular weight is 361 g/mol. The van der Waals surface area contributed by atoms with Gasteiger partial charge in [0.05, 0.1) is 28.5 Å². The van der Waals surface area contributed by atoms with Crippen molar-refractivity contribution in [1.82, 2.24) is 0 Å². The summed E-state index contributed by atoms with van der Waals surface area (Å²) in [4.78, 5) is 13.3. The van der Waals surface area contributed by atoms with Crippen molar-refractivity contribution in [1.29, 1.82) is 5.26 Å². The van der Waals surface area contributed by atoms with E-state index in [1.165, 1.54) is 0 Å². The van der Waals surface area contributed by atoms with Gasteiger partial charge in [-0.1, -0.05) is 66.7 Å². The lowest BCUT2D eigenvalue weighted by Crippen LogP contribution is -2.13. The fraction of sp³-hybridized carbons (Fsp3) is 0.0400. The van der Waals surface area contributed by atoms with E-state index in [2.05, 4.69) is 6.07 Å². The minimum Gasteiger partial charge on any atom is -0.459 e. The summed E-state index contributed by atoms with van der Waals surface area (Å²) < 4.78 is 6.31. The summed E-state index contributed by atoms with van der Waals surface area (Å²) >= 11 is 0. The van der Waals surface area contributed by atoms with Gasteiger partial charge in [0.1, 0.15) is 11.3 Å². The normalized spacial score (nSPS) is 15.1. The van der Waals surface area contributed by atoms with Gasteiger partial charge >= 0.3 is 0 Å². The van der Waals surface area contributed by atoms with Crippen LogP contribution in [0.4, 0.5) is 0 Å². The molecule has 0 fully saturated rings. The first-order chi connectivity index (χ1) is 13.8. The molecule has 0 radical (unpaired) electrons. The van der Waals surface area contributed by atoms with Crippen molar-refractivity contribution >= 4 is 22.6 Å². The fourth-order valence-corrected chi connectivity index (χ4v) is 3.95. The summed E-state index contributed by atoms with van der Waals surface area (Å²) in [5.41, 5.74) is 4.16. The van der Waals surface area contributed by atoms with E-state index in [9.17, 15) is 10.1 Å². The molecular formula is C25H15NO2. The average Bonchev–Trinajstić information content (AvgIpc) is 2.89. The number of nitriles is 1. The second kappa shape index (κ2) is 6.37. The molecule has 5 rings (SSSR count). The van der Waals surface area contributed by atoms with Gasteiger partial charge in [-0.05, 0) is 34.9 Å². The van der Waals surface area contributed by atoms with Gasteiger partial charge in [-0.2, -0.15) is 5.26 Å². The molecule has 0 N–H and O–H groups in total. The smallest absolute Gasteiger partial charge is 0.200 e. The van der Waals surface area contributed by atoms with Gasteiger partial charge in [0.15, 0.2) is 5.43 Å². The van der Waals surface area contributed by atoms with E-state index in [1.807, 2.05) is 72.8 Å². The number of fused-ring (bicyclic) bond motifs is 3. The number of para-hydroxylation sites is 1. The van der Waals surface area contributed by atoms with Gasteiger partial charge in [0, 0.05) is 0 Å². The van der Waals surface area contributed by atoms with Crippen molar-refractivity contribution in [2.45, 2.75) is 5.92 Å². The van der Waals surface area contributed by atoms with Crippen LogP contribution in [0.15, 0.2) is 88.1 Å². The van der Waals surface area contributed by atoms with Gasteiger partial charge < -0.3 is 4.42 Å². The lowest BCUT2D eigenvalue weighted by Gasteiger charge is -2.20. The summed E-state index contributed by atoms with van der Waals surface area (Å²) in [5.74, 6) is 0.305. The summed E-state index contributed by atoms with van der Waals surface area (Å²) in [6.07, 6.45) is 1.68. The van der Waals surface area contributed by atoms with Crippen LogP contribution in [0, 0.1) is 11.3 Å². The molecule has 3 aromatic carbocycles. The highest BCUT2D eigenvalue weighted by Crippen LogP contribution is 2.41. The van der Waals surface area contributed by atoms with Crippen LogP contribution in [0.3, 0.4) is 0 Å². The Labute approximate surface area is 161 Å². The molecule has 1 atom stereocenters. The monoisotopic (exact) mass is 361 g/mol. The Morgan fingerprint density at radius 2 is 1.57 bits per heavy atom. The van der Waals surface area contributed by atoms with Crippen molar-refractivity contribution in [2.24, 2.45) is 0 Å². The predicted molar refractivity (Wildman–Crippen MR) is 110 cm³/mol. The van der Waals surface area contributed by atoms with Crippen molar-refractivity contribution in [2.75, 3.05) is 0 Å². The van der Waals surface area contributed by atoms with Crippen molar-refractivity contribution in [3.05, 3.63) is 117 Å². The zero-order valence-corrected chi connectivity index (χ0v) is 14.9. The Morgan fingerprint density at radius 1 is 0.857 bits per heavy atom. The highest BCUT2D eigenvalue weighted by atomic mass is 16.3. The summed E-state index contributed by atoms with van der Waals surface area (Å²) in [7, 11) is 0. The van der Waals surface area contributed by atoms with Crippen LogP contribution in [-0.2, 0) is 0 Å². The maximum absolute atomic E-state index is 13.3. The van der Waals surface area contributed by atoms with E-state index in [4.69, 9.17) is 4.42 Å². The maximum Gasteiger partial charge on any atom is 0.200 e. The number of hydrogen-bond acceptors (Lipinski definition) is 3. The number of rotatable bonds is 1. The fourth-order valence-electron chi connectivity index (χ4n) is 3.95. The first-order valence-corrected chi connectivity index (χ1v) is 9.09. The molecule has 0 amide bonds. The van der Waals surface area contributed by atoms with Gasteiger partial charge in [-0.25, -0.2) is 0 Å². The molecule has 3 heteroatoms. The quantitative estimate of drug-likeness (QED) is 0.459. The number of benzene rings is 3. The maximum atomic E-state index is 13.3. The Kier molecular flexibility index (Phi) is 3.70. The predicted octanol–water partition coefficient (Wildman–Crippen LogP) is 5.35. The zero-order chi connectivity index (χ0) is 19.1. The Bertz CT molecular complexity index is 1340. The van der Waals surface area contributed by atoms with Crippen molar-refractivity contribution in [3.63, 3.8) is 0 Å². The minimum atomic E-state index is -0.271. The molecule has 0 spiro atoms. The standard InChI is InChI=1S/C25H15NO2/c26-15-17-14-21-24(27)20-12-6-7-13-22(20)28-25(21)23(16-8-2-1-3-9-16)19-11-5-4-10-18(17)19/h1-14,23H/t23-/m1/s1. The third kappa shape index (κ3) is 2.39. The van der Waals surface area contributed by atoms with Gasteiger partial charge in [-0.15, -0.1) is 0 Å². The third-order valence-corrected chi connectivity index (χ3v) is 5.23. The van der Waals surface area contributed by atoms with Crippen LogP contribution >= 0.6 is 0 Å². The van der Waals surface area contributed by atoms with Crippen LogP contribution in [0.5, 0.6) is 0 Å². The van der Waals surface area contributed by atoms with E-state index >= 15 is 0 Å². The third-order valence-electron chi connectivity index (χ3n) is 5.23. The topological polar surface area (TPSA) is 54.0 Å². The lowest BCUT2D eigenvalue weighted by molar-refractivity contribution is 0.527. The Hall–Kier alpha value is -3.90. The number of nitrogens with zero attached hydrogens (tertiary/aromatic N) is 1. The first-order valence-electron chi connectivity index (χ1n) is 9.09. The molecular weight excluding hydrogens is 346 g/mol. The molecule has 1 aliphatic carbocycles. The summed E-state index contributed by atoms with van der Waals surface area (Å²) in [6, 6.07) is 27.3. The number of hydrogen-bond donors (Lipinski definition) is 0. The molecule has 28 heavy (non-hydrogen) atoms. The van der Waals surface area contributed by atoms with Crippen LogP contribution in [-0.4, -0.2) is 0 Å². The largest absolute Gasteiger partial charge is 0.459 e. The first kappa shape index (κ1) is 16.3. The van der Waals surface area contributed by atoms with Gasteiger partial charge in [0.2, 0.25) is 0 Å². The van der Waals surface area contributed by atoms with Gasteiger partial charge in [-0.3, -0.25) is 4.79 Å². The molecule has 0 unspecified atom stereocenters. The molecule has 1 aromatic heterocycles. The van der Waals surface area contributed by atoms with Gasteiger partial charge in [0.25, 0.3) is 0 Å². The highest BCUT2D eigenvalue weighted by molar-refractivity contribution is 5.94. The molecule has 1 aliphatic rings. The van der Waals surface area contributed by atoms with Crippen LogP contribution in [0.2, 0.25) is 0 Å². The molecule has 0 aliphatic heterocycles. The molecule has 132 valence electrons. The Morgan fingerprint density at radius 3 is 2.39 bits per heavy atom. The second-order valence-electron chi connectivity index (χ2n) is 6.81. The minimum absolute atomic E-state index is 0.113. The molecule has 4 aromatic rings. The molecule has 0 bridgehead atoms. The van der Waals surface area contributed by atoms with E-state index in [1.54, 1.807) is 12.1 Å². The van der Waals surface area contributed by atoms with E-state index in [-0.39, 0.29) is 11.3 Å². The zero-order valence-electron chi connectivity index (χ0n) is 14.9. The summed E-state index contributed by atoms with van der Waals surface area (Å²) in [6.45, 7) is 0. The van der Waals surface area contributed by atoms with Crippen LogP contribution in [0.25, 0.3) is 22.6 Å². The van der Waals surface area contributed by atoms with E-state index in [0.717, 1.165) is 16.7 Å². The van der Waals surface area contributed by atoms with E-state index < -0.39 is 0 Å².